The summed E-state index contributed by atoms with van der Waals surface area (Å²) < 4.78 is 12.5. The third-order valence-electron chi connectivity index (χ3n) is 5.03. The molecule has 174 valence electrons. The summed E-state index contributed by atoms with van der Waals surface area (Å²) in [5.41, 5.74) is 3.50. The summed E-state index contributed by atoms with van der Waals surface area (Å²) in [7, 11) is 1.64. The molecule has 0 bridgehead atoms. The zero-order chi connectivity index (χ0) is 23.8. The number of ketones is 1. The van der Waals surface area contributed by atoms with E-state index in [4.69, 9.17) is 9.47 Å². The number of ether oxygens (including phenoxy) is 2. The van der Waals surface area contributed by atoms with Crippen molar-refractivity contribution < 1.29 is 23.9 Å². The highest BCUT2D eigenvalue weighted by Gasteiger charge is 2.20. The number of aromatic nitrogens is 1. The van der Waals surface area contributed by atoms with Gasteiger partial charge in [-0.3, -0.25) is 4.79 Å². The second kappa shape index (κ2) is 11.5. The highest BCUT2D eigenvalue weighted by molar-refractivity contribution is 6.00. The van der Waals surface area contributed by atoms with Gasteiger partial charge < -0.3 is 24.7 Å². The Morgan fingerprint density at radius 2 is 1.72 bits per heavy atom. The van der Waals surface area contributed by atoms with Gasteiger partial charge in [-0.05, 0) is 58.4 Å². The summed E-state index contributed by atoms with van der Waals surface area (Å²) in [6.45, 7) is 10.1. The van der Waals surface area contributed by atoms with Crippen LogP contribution >= 0.6 is 0 Å². The molecule has 1 atom stereocenters. The second-order valence-corrected chi connectivity index (χ2v) is 8.14. The van der Waals surface area contributed by atoms with Crippen LogP contribution in [-0.4, -0.2) is 48.7 Å². The number of methoxy groups -OCH3 is 1. The number of carbonyl (C=O) groups is 3. The third kappa shape index (κ3) is 6.68. The van der Waals surface area contributed by atoms with Crippen molar-refractivity contribution in [3.05, 3.63) is 58.4 Å². The number of urea groups is 1. The fourth-order valence-corrected chi connectivity index (χ4v) is 3.60. The molecule has 2 rings (SSSR count). The van der Waals surface area contributed by atoms with Crippen molar-refractivity contribution >= 4 is 17.8 Å². The van der Waals surface area contributed by atoms with Gasteiger partial charge >= 0.3 is 12.0 Å². The molecule has 2 aromatic rings. The lowest BCUT2D eigenvalue weighted by molar-refractivity contribution is 0.0474. The molecule has 0 aliphatic rings. The van der Waals surface area contributed by atoms with Crippen molar-refractivity contribution in [2.24, 2.45) is 0 Å². The van der Waals surface area contributed by atoms with Gasteiger partial charge in [0, 0.05) is 36.6 Å². The van der Waals surface area contributed by atoms with Crippen LogP contribution in [0.2, 0.25) is 0 Å². The van der Waals surface area contributed by atoms with Gasteiger partial charge in [0.1, 0.15) is 0 Å². The summed E-state index contributed by atoms with van der Waals surface area (Å²) >= 11 is 0. The van der Waals surface area contributed by atoms with E-state index in [-0.39, 0.29) is 30.5 Å². The molecule has 0 aliphatic carbocycles. The van der Waals surface area contributed by atoms with Gasteiger partial charge in [-0.2, -0.15) is 0 Å². The van der Waals surface area contributed by atoms with Crippen LogP contribution in [0.1, 0.15) is 64.5 Å². The van der Waals surface area contributed by atoms with Gasteiger partial charge in [-0.1, -0.05) is 12.1 Å². The van der Waals surface area contributed by atoms with Crippen molar-refractivity contribution in [2.45, 2.75) is 53.2 Å². The fraction of sp³-hybridized carbons (Fsp3) is 0.458. The number of aryl methyl sites for hydroxylation is 1. The van der Waals surface area contributed by atoms with Crippen molar-refractivity contribution in [1.82, 2.24) is 15.2 Å². The van der Waals surface area contributed by atoms with E-state index in [1.54, 1.807) is 31.4 Å². The molecule has 8 heteroatoms. The molecule has 1 aromatic carbocycles. The van der Waals surface area contributed by atoms with Gasteiger partial charge in [-0.15, -0.1) is 0 Å². The Bertz CT molecular complexity index is 947. The van der Waals surface area contributed by atoms with Crippen LogP contribution in [-0.2, 0) is 16.0 Å². The van der Waals surface area contributed by atoms with Gasteiger partial charge in [0.15, 0.2) is 6.61 Å². The standard InChI is InChI=1S/C24H33N3O5/c1-15(2)26-24(30)25-12-19-7-9-20(10-8-19)23(29)32-14-22(28)21-11-16(3)27(18(21)5)17(4)13-31-6/h7-11,15,17H,12-14H2,1-6H3,(H2,25,26,30). The topological polar surface area (TPSA) is 98.7 Å². The van der Waals surface area contributed by atoms with E-state index in [1.807, 2.05) is 45.3 Å². The van der Waals surface area contributed by atoms with E-state index in [0.717, 1.165) is 17.0 Å². The molecule has 0 spiro atoms. The second-order valence-electron chi connectivity index (χ2n) is 8.14. The molecule has 2 amide bonds. The minimum atomic E-state index is -0.572. The SMILES string of the molecule is COCC(C)n1c(C)cc(C(=O)COC(=O)c2ccc(CNC(=O)NC(C)C)cc2)c1C. The highest BCUT2D eigenvalue weighted by Crippen LogP contribution is 2.21. The largest absolute Gasteiger partial charge is 0.454 e. The van der Waals surface area contributed by atoms with Crippen molar-refractivity contribution in [3.63, 3.8) is 0 Å². The first kappa shape index (κ1) is 25.1. The van der Waals surface area contributed by atoms with Crippen LogP contribution < -0.4 is 10.6 Å². The van der Waals surface area contributed by atoms with Crippen LogP contribution in [0.3, 0.4) is 0 Å². The molecule has 1 aromatic heterocycles. The molecule has 0 saturated carbocycles. The van der Waals surface area contributed by atoms with Crippen LogP contribution in [0.25, 0.3) is 0 Å². The normalized spacial score (nSPS) is 11.8. The van der Waals surface area contributed by atoms with Gasteiger partial charge in [0.05, 0.1) is 18.2 Å². The van der Waals surface area contributed by atoms with Crippen molar-refractivity contribution in [2.75, 3.05) is 20.3 Å². The van der Waals surface area contributed by atoms with Crippen LogP contribution in [0, 0.1) is 13.8 Å². The Balaban J connectivity index is 1.93. The molecule has 1 unspecified atom stereocenters. The lowest BCUT2D eigenvalue weighted by Gasteiger charge is -2.17. The first-order chi connectivity index (χ1) is 15.1. The predicted octanol–water partition coefficient (Wildman–Crippen LogP) is 3.56. The number of hydrogen-bond acceptors (Lipinski definition) is 5. The summed E-state index contributed by atoms with van der Waals surface area (Å²) in [5.74, 6) is -0.823. The monoisotopic (exact) mass is 443 g/mol. The Kier molecular flexibility index (Phi) is 9.02. The highest BCUT2D eigenvalue weighted by atomic mass is 16.5. The van der Waals surface area contributed by atoms with Crippen LogP contribution in [0.4, 0.5) is 4.79 Å². The number of hydrogen-bond donors (Lipinski definition) is 2. The quantitative estimate of drug-likeness (QED) is 0.432. The Morgan fingerprint density at radius 3 is 2.31 bits per heavy atom. The first-order valence-corrected chi connectivity index (χ1v) is 10.6. The predicted molar refractivity (Wildman–Crippen MR) is 122 cm³/mol. The molecule has 0 radical (unpaired) electrons. The number of nitrogens with one attached hydrogen (secondary N) is 2. The van der Waals surface area contributed by atoms with Crippen LogP contribution in [0.5, 0.6) is 0 Å². The Labute approximate surface area is 189 Å². The first-order valence-electron chi connectivity index (χ1n) is 10.6. The van der Waals surface area contributed by atoms with Crippen molar-refractivity contribution in [1.29, 1.82) is 0 Å². The molecule has 1 heterocycles. The minimum absolute atomic E-state index is 0.0508. The molecule has 0 aliphatic heterocycles. The molecule has 0 saturated heterocycles. The van der Waals surface area contributed by atoms with Crippen LogP contribution in [0.15, 0.2) is 30.3 Å². The maximum atomic E-state index is 12.7. The summed E-state index contributed by atoms with van der Waals surface area (Å²) in [4.78, 5) is 36.7. The molecular weight excluding hydrogens is 410 g/mol. The van der Waals surface area contributed by atoms with E-state index in [2.05, 4.69) is 10.6 Å². The van der Waals surface area contributed by atoms with E-state index >= 15 is 0 Å². The van der Waals surface area contributed by atoms with E-state index in [9.17, 15) is 14.4 Å². The number of Topliss-reactive ketones (excluding diaryl/α,β-unsaturated/α-hetero) is 1. The molecular formula is C24H33N3O5. The van der Waals surface area contributed by atoms with Gasteiger partial charge in [0.2, 0.25) is 5.78 Å². The van der Waals surface area contributed by atoms with Gasteiger partial charge in [0.25, 0.3) is 0 Å². The maximum Gasteiger partial charge on any atom is 0.338 e. The summed E-state index contributed by atoms with van der Waals surface area (Å²) in [6.07, 6.45) is 0. The smallest absolute Gasteiger partial charge is 0.338 e. The molecule has 8 nitrogen and oxygen atoms in total. The van der Waals surface area contributed by atoms with Crippen molar-refractivity contribution in [3.8, 4) is 0 Å². The Morgan fingerprint density at radius 1 is 1.06 bits per heavy atom. The number of amides is 2. The summed E-state index contributed by atoms with van der Waals surface area (Å²) in [5, 5.41) is 5.48. The fourth-order valence-electron chi connectivity index (χ4n) is 3.60. The average molecular weight is 444 g/mol. The summed E-state index contributed by atoms with van der Waals surface area (Å²) in [6, 6.07) is 8.40. The van der Waals surface area contributed by atoms with E-state index in [0.29, 0.717) is 24.3 Å². The third-order valence-corrected chi connectivity index (χ3v) is 5.03. The average Bonchev–Trinajstić information content (AvgIpc) is 3.04. The number of benzene rings is 1. The lowest BCUT2D eigenvalue weighted by Crippen LogP contribution is -2.39. The zero-order valence-electron chi connectivity index (χ0n) is 19.7. The Hall–Kier alpha value is -3.13. The van der Waals surface area contributed by atoms with E-state index in [1.165, 1.54) is 0 Å². The lowest BCUT2D eigenvalue weighted by atomic mass is 10.1. The zero-order valence-corrected chi connectivity index (χ0v) is 19.7. The number of rotatable bonds is 10. The van der Waals surface area contributed by atoms with E-state index < -0.39 is 5.97 Å². The number of carbonyl (C=O) groups excluding carboxylic acids is 3. The maximum absolute atomic E-state index is 12.7. The number of esters is 1. The minimum Gasteiger partial charge on any atom is -0.454 e. The molecule has 32 heavy (non-hydrogen) atoms. The number of nitrogens with zero attached hydrogens (tertiary/aromatic N) is 1. The molecule has 2 N–H and O–H groups in total. The molecule has 0 fully saturated rings. The van der Waals surface area contributed by atoms with Gasteiger partial charge in [-0.25, -0.2) is 9.59 Å².